The van der Waals surface area contributed by atoms with E-state index in [1.807, 2.05) is 30.3 Å². The summed E-state index contributed by atoms with van der Waals surface area (Å²) in [5.41, 5.74) is 0.876. The van der Waals surface area contributed by atoms with Gasteiger partial charge in [-0.3, -0.25) is 4.79 Å². The van der Waals surface area contributed by atoms with Crippen LogP contribution in [0.25, 0.3) is 0 Å². The predicted octanol–water partition coefficient (Wildman–Crippen LogP) is 2.53. The highest BCUT2D eigenvalue weighted by Crippen LogP contribution is 2.07. The highest BCUT2D eigenvalue weighted by molar-refractivity contribution is 6.43. The Morgan fingerprint density at radius 2 is 1.92 bits per heavy atom. The average Bonchev–Trinajstić information content (AvgIpc) is 2.04. The van der Waals surface area contributed by atoms with Gasteiger partial charge >= 0.3 is 5.97 Å². The van der Waals surface area contributed by atoms with Crippen LogP contribution >= 0.6 is 23.2 Å². The molecule has 0 atom stereocenters. The maximum atomic E-state index is 11.0. The van der Waals surface area contributed by atoms with Gasteiger partial charge < -0.3 is 4.74 Å². The molecule has 0 radical (unpaired) electrons. The van der Waals surface area contributed by atoms with Gasteiger partial charge in [-0.15, -0.1) is 0 Å². The Kier molecular flexibility index (Phi) is 4.06. The number of ether oxygens (including phenoxy) is 1. The van der Waals surface area contributed by atoms with Crippen LogP contribution in [0.4, 0.5) is 0 Å². The van der Waals surface area contributed by atoms with Gasteiger partial charge in [-0.25, -0.2) is 0 Å². The lowest BCUT2D eigenvalue weighted by molar-refractivity contribution is -0.142. The third-order valence-corrected chi connectivity index (χ3v) is 1.59. The van der Waals surface area contributed by atoms with Crippen LogP contribution in [0.15, 0.2) is 30.3 Å². The molecular weight excluding hydrogens is 211 g/mol. The maximum absolute atomic E-state index is 11.0. The summed E-state index contributed by atoms with van der Waals surface area (Å²) in [6, 6.07) is 9.24. The first-order valence-corrected chi connectivity index (χ1v) is 4.57. The number of esters is 1. The van der Waals surface area contributed by atoms with Crippen LogP contribution in [0, 0.1) is 0 Å². The van der Waals surface area contributed by atoms with E-state index in [2.05, 4.69) is 4.74 Å². The van der Waals surface area contributed by atoms with Gasteiger partial charge in [0, 0.05) is 0 Å². The Labute approximate surface area is 86.4 Å². The van der Waals surface area contributed by atoms with Gasteiger partial charge in [-0.2, -0.15) is 0 Å². The van der Waals surface area contributed by atoms with Crippen molar-refractivity contribution in [3.63, 3.8) is 0 Å². The van der Waals surface area contributed by atoms with Crippen molar-refractivity contribution in [2.45, 2.75) is 11.4 Å². The van der Waals surface area contributed by atoms with E-state index in [-0.39, 0.29) is 6.42 Å². The quantitative estimate of drug-likeness (QED) is 0.576. The van der Waals surface area contributed by atoms with Crippen LogP contribution in [-0.4, -0.2) is 11.0 Å². The van der Waals surface area contributed by atoms with Crippen LogP contribution in [0.5, 0.6) is 0 Å². The summed E-state index contributed by atoms with van der Waals surface area (Å²) < 4.78 is 4.55. The van der Waals surface area contributed by atoms with Gasteiger partial charge in [0.15, 0.2) is 0 Å². The van der Waals surface area contributed by atoms with Gasteiger partial charge in [0.1, 0.15) is 0 Å². The predicted molar refractivity (Wildman–Crippen MR) is 51.7 cm³/mol. The lowest BCUT2D eigenvalue weighted by Gasteiger charge is -2.03. The Bertz CT molecular complexity index is 272. The van der Waals surface area contributed by atoms with Crippen molar-refractivity contribution in [1.29, 1.82) is 0 Å². The van der Waals surface area contributed by atoms with E-state index in [0.29, 0.717) is 0 Å². The molecule has 0 saturated carbocycles. The number of hydrogen-bond acceptors (Lipinski definition) is 2. The highest BCUT2D eigenvalue weighted by atomic mass is 35.5. The molecule has 0 amide bonds. The van der Waals surface area contributed by atoms with Crippen molar-refractivity contribution in [1.82, 2.24) is 0 Å². The van der Waals surface area contributed by atoms with E-state index in [0.717, 1.165) is 5.56 Å². The fourth-order valence-electron chi connectivity index (χ4n) is 0.904. The molecule has 1 aromatic carbocycles. The van der Waals surface area contributed by atoms with Gasteiger partial charge in [-0.1, -0.05) is 53.5 Å². The molecule has 0 aliphatic heterocycles. The van der Waals surface area contributed by atoms with E-state index in [1.54, 1.807) is 0 Å². The summed E-state index contributed by atoms with van der Waals surface area (Å²) in [7, 11) is 0. The van der Waals surface area contributed by atoms with Crippen molar-refractivity contribution in [3.05, 3.63) is 35.9 Å². The zero-order valence-electron chi connectivity index (χ0n) is 6.74. The molecule has 70 valence electrons. The summed E-state index contributed by atoms with van der Waals surface area (Å²) in [6.45, 7) is 0. The Morgan fingerprint density at radius 3 is 2.46 bits per heavy atom. The first-order valence-electron chi connectivity index (χ1n) is 3.70. The van der Waals surface area contributed by atoms with Crippen LogP contribution in [0.2, 0.25) is 0 Å². The van der Waals surface area contributed by atoms with Crippen molar-refractivity contribution in [2.75, 3.05) is 0 Å². The van der Waals surface area contributed by atoms with E-state index in [4.69, 9.17) is 23.2 Å². The molecule has 1 aromatic rings. The summed E-state index contributed by atoms with van der Waals surface area (Å²) in [5.74, 6) is -0.429. The molecule has 0 saturated heterocycles. The molecule has 0 fully saturated rings. The zero-order valence-corrected chi connectivity index (χ0v) is 8.26. The van der Waals surface area contributed by atoms with E-state index in [9.17, 15) is 4.79 Å². The number of halogens is 2. The molecule has 0 N–H and O–H groups in total. The molecule has 0 heterocycles. The molecule has 0 aromatic heterocycles. The smallest absolute Gasteiger partial charge is 0.312 e. The maximum Gasteiger partial charge on any atom is 0.312 e. The zero-order chi connectivity index (χ0) is 9.68. The SMILES string of the molecule is O=C(Cc1ccccc1)OC(Cl)Cl. The van der Waals surface area contributed by atoms with Crippen LogP contribution < -0.4 is 0 Å². The number of benzene rings is 1. The van der Waals surface area contributed by atoms with Crippen LogP contribution in [-0.2, 0) is 16.0 Å². The van der Waals surface area contributed by atoms with E-state index >= 15 is 0 Å². The second-order valence-electron chi connectivity index (χ2n) is 2.41. The van der Waals surface area contributed by atoms with Crippen LogP contribution in [0.3, 0.4) is 0 Å². The van der Waals surface area contributed by atoms with Gasteiger partial charge in [0.05, 0.1) is 6.42 Å². The molecular formula is C9H8Cl2O2. The fourth-order valence-corrected chi connectivity index (χ4v) is 1.10. The monoisotopic (exact) mass is 218 g/mol. The summed E-state index contributed by atoms with van der Waals surface area (Å²) in [5, 5.41) is -1.09. The molecule has 1 rings (SSSR count). The van der Waals surface area contributed by atoms with E-state index < -0.39 is 11.0 Å². The summed E-state index contributed by atoms with van der Waals surface area (Å²) in [6.07, 6.45) is 0.191. The molecule has 13 heavy (non-hydrogen) atoms. The fraction of sp³-hybridized carbons (Fsp3) is 0.222. The largest absolute Gasteiger partial charge is 0.431 e. The molecule has 0 bridgehead atoms. The third-order valence-electron chi connectivity index (χ3n) is 1.41. The standard InChI is InChI=1S/C9H8Cl2O2/c10-9(11)13-8(12)6-7-4-2-1-3-5-7/h1-5,9H,6H2. The second kappa shape index (κ2) is 5.10. The van der Waals surface area contributed by atoms with Gasteiger partial charge in [-0.05, 0) is 5.56 Å². The molecule has 0 aliphatic carbocycles. The number of alkyl halides is 2. The molecule has 2 nitrogen and oxygen atoms in total. The molecule has 4 heteroatoms. The van der Waals surface area contributed by atoms with Crippen molar-refractivity contribution < 1.29 is 9.53 Å². The first kappa shape index (κ1) is 10.4. The summed E-state index contributed by atoms with van der Waals surface area (Å²) in [4.78, 5) is 11.0. The van der Waals surface area contributed by atoms with Crippen molar-refractivity contribution >= 4 is 29.2 Å². The number of rotatable bonds is 3. The van der Waals surface area contributed by atoms with Crippen LogP contribution in [0.1, 0.15) is 5.56 Å². The second-order valence-corrected chi connectivity index (χ2v) is 3.43. The number of carbonyl (C=O) groups is 1. The Balaban J connectivity index is 2.46. The molecule has 0 aliphatic rings. The molecule has 0 spiro atoms. The molecule has 0 unspecified atom stereocenters. The van der Waals surface area contributed by atoms with Gasteiger partial charge in [0.25, 0.3) is 5.02 Å². The normalized spacial score (nSPS) is 10.1. The van der Waals surface area contributed by atoms with Crippen molar-refractivity contribution in [3.8, 4) is 0 Å². The number of hydrogen-bond donors (Lipinski definition) is 0. The average molecular weight is 219 g/mol. The minimum Gasteiger partial charge on any atom is -0.431 e. The first-order chi connectivity index (χ1) is 6.18. The minimum atomic E-state index is -1.09. The minimum absolute atomic E-state index is 0.191. The lowest BCUT2D eigenvalue weighted by atomic mass is 10.2. The lowest BCUT2D eigenvalue weighted by Crippen LogP contribution is -2.10. The number of carbonyl (C=O) groups excluding carboxylic acids is 1. The summed E-state index contributed by atoms with van der Waals surface area (Å²) >= 11 is 10.5. The van der Waals surface area contributed by atoms with Gasteiger partial charge in [0.2, 0.25) is 0 Å². The topological polar surface area (TPSA) is 26.3 Å². The third kappa shape index (κ3) is 4.15. The highest BCUT2D eigenvalue weighted by Gasteiger charge is 2.08. The van der Waals surface area contributed by atoms with E-state index in [1.165, 1.54) is 0 Å². The Morgan fingerprint density at radius 1 is 1.31 bits per heavy atom. The Hall–Kier alpha value is -0.730. The van der Waals surface area contributed by atoms with Crippen molar-refractivity contribution in [2.24, 2.45) is 0 Å².